The predicted octanol–water partition coefficient (Wildman–Crippen LogP) is 2.58. The highest BCUT2D eigenvalue weighted by molar-refractivity contribution is 9.10. The fraction of sp³-hybridized carbons (Fsp3) is 0.462. The van der Waals surface area contributed by atoms with E-state index in [0.717, 1.165) is 23.0 Å². The lowest BCUT2D eigenvalue weighted by Gasteiger charge is -2.22. The van der Waals surface area contributed by atoms with Crippen LogP contribution in [0.25, 0.3) is 11.0 Å². The van der Waals surface area contributed by atoms with Gasteiger partial charge >= 0.3 is 0 Å². The predicted molar refractivity (Wildman–Crippen MR) is 81.2 cm³/mol. The lowest BCUT2D eigenvalue weighted by Crippen LogP contribution is -2.39. The van der Waals surface area contributed by atoms with Gasteiger partial charge in [-0.2, -0.15) is 11.8 Å². The summed E-state index contributed by atoms with van der Waals surface area (Å²) in [6.45, 7) is 1.12. The Labute approximate surface area is 119 Å². The molecule has 1 fully saturated rings. The molecule has 0 radical (unpaired) electrons. The van der Waals surface area contributed by atoms with Crippen LogP contribution in [-0.4, -0.2) is 33.6 Å². The van der Waals surface area contributed by atoms with E-state index in [1.54, 1.807) is 0 Å². The first kappa shape index (κ1) is 12.5. The minimum atomic E-state index is 0.558. The van der Waals surface area contributed by atoms with Crippen LogP contribution in [0, 0.1) is 0 Å². The second-order valence-electron chi connectivity index (χ2n) is 4.65. The van der Waals surface area contributed by atoms with Crippen molar-refractivity contribution in [3.63, 3.8) is 0 Å². The van der Waals surface area contributed by atoms with Gasteiger partial charge in [0.15, 0.2) is 0 Å². The molecule has 0 aliphatic carbocycles. The van der Waals surface area contributed by atoms with Gasteiger partial charge in [-0.15, -0.1) is 0 Å². The number of halogens is 1. The van der Waals surface area contributed by atoms with E-state index in [9.17, 15) is 0 Å². The first-order chi connectivity index (χ1) is 8.74. The van der Waals surface area contributed by atoms with Crippen molar-refractivity contribution in [1.29, 1.82) is 0 Å². The van der Waals surface area contributed by atoms with E-state index >= 15 is 0 Å². The molecule has 18 heavy (non-hydrogen) atoms. The van der Waals surface area contributed by atoms with Crippen LogP contribution >= 0.6 is 27.7 Å². The normalized spacial score (nSPS) is 20.4. The number of hydrogen-bond donors (Lipinski definition) is 1. The Kier molecular flexibility index (Phi) is 3.63. The van der Waals surface area contributed by atoms with E-state index in [4.69, 9.17) is 4.98 Å². The number of imidazole rings is 1. The zero-order chi connectivity index (χ0) is 12.5. The third kappa shape index (κ3) is 2.44. The van der Waals surface area contributed by atoms with Gasteiger partial charge in [-0.25, -0.2) is 4.98 Å². The molecule has 3 nitrogen and oxygen atoms in total. The molecule has 5 heteroatoms. The lowest BCUT2D eigenvalue weighted by atomic mass is 10.2. The van der Waals surface area contributed by atoms with E-state index in [1.807, 2.05) is 11.8 Å². The molecule has 2 heterocycles. The summed E-state index contributed by atoms with van der Waals surface area (Å²) in [5.41, 5.74) is 2.28. The summed E-state index contributed by atoms with van der Waals surface area (Å²) in [4.78, 5) is 4.75. The number of nitrogens with one attached hydrogen (secondary N) is 1. The molecule has 0 saturated carbocycles. The monoisotopic (exact) mass is 325 g/mol. The van der Waals surface area contributed by atoms with Crippen LogP contribution < -0.4 is 5.32 Å². The van der Waals surface area contributed by atoms with Crippen LogP contribution in [0.5, 0.6) is 0 Å². The van der Waals surface area contributed by atoms with Gasteiger partial charge in [-0.05, 0) is 18.2 Å². The van der Waals surface area contributed by atoms with E-state index in [2.05, 4.69) is 51.1 Å². The molecule has 96 valence electrons. The lowest BCUT2D eigenvalue weighted by molar-refractivity contribution is 0.543. The van der Waals surface area contributed by atoms with Crippen molar-refractivity contribution >= 4 is 38.7 Å². The molecule has 1 N–H and O–H groups in total. The molecular weight excluding hydrogens is 310 g/mol. The van der Waals surface area contributed by atoms with Crippen LogP contribution in [0.4, 0.5) is 0 Å². The molecule has 0 bridgehead atoms. The highest BCUT2D eigenvalue weighted by Gasteiger charge is 2.17. The maximum absolute atomic E-state index is 4.75. The fourth-order valence-corrected chi connectivity index (χ4v) is 3.67. The van der Waals surface area contributed by atoms with Gasteiger partial charge in [-0.3, -0.25) is 0 Å². The van der Waals surface area contributed by atoms with Crippen molar-refractivity contribution in [2.45, 2.75) is 12.5 Å². The molecule has 2 aromatic rings. The second kappa shape index (κ2) is 5.23. The Morgan fingerprint density at radius 2 is 2.44 bits per heavy atom. The Hall–Kier alpha value is -0.520. The number of rotatable bonds is 2. The van der Waals surface area contributed by atoms with E-state index < -0.39 is 0 Å². The average Bonchev–Trinajstić information content (AvgIpc) is 2.67. The highest BCUT2D eigenvalue weighted by Crippen LogP contribution is 2.21. The van der Waals surface area contributed by atoms with Gasteiger partial charge in [0.25, 0.3) is 0 Å². The van der Waals surface area contributed by atoms with Crippen molar-refractivity contribution in [3.8, 4) is 0 Å². The van der Waals surface area contributed by atoms with E-state index in [1.165, 1.54) is 22.8 Å². The molecule has 0 amide bonds. The van der Waals surface area contributed by atoms with Crippen molar-refractivity contribution < 1.29 is 0 Å². The van der Waals surface area contributed by atoms with Crippen molar-refractivity contribution in [2.24, 2.45) is 7.05 Å². The number of aryl methyl sites for hydroxylation is 1. The van der Waals surface area contributed by atoms with Gasteiger partial charge in [0.1, 0.15) is 5.82 Å². The summed E-state index contributed by atoms with van der Waals surface area (Å²) >= 11 is 5.53. The number of benzene rings is 1. The van der Waals surface area contributed by atoms with Crippen LogP contribution in [0.15, 0.2) is 22.7 Å². The number of hydrogen-bond acceptors (Lipinski definition) is 3. The van der Waals surface area contributed by atoms with E-state index in [-0.39, 0.29) is 0 Å². The summed E-state index contributed by atoms with van der Waals surface area (Å²) in [7, 11) is 2.11. The Bertz CT molecular complexity index is 561. The van der Waals surface area contributed by atoms with Crippen LogP contribution in [0.1, 0.15) is 5.82 Å². The van der Waals surface area contributed by atoms with Crippen LogP contribution in [0.2, 0.25) is 0 Å². The van der Waals surface area contributed by atoms with Gasteiger partial charge in [-0.1, -0.05) is 15.9 Å². The van der Waals surface area contributed by atoms with E-state index in [0.29, 0.717) is 6.04 Å². The van der Waals surface area contributed by atoms with Gasteiger partial charge in [0.05, 0.1) is 11.0 Å². The first-order valence-electron chi connectivity index (χ1n) is 6.16. The maximum atomic E-state index is 4.75. The van der Waals surface area contributed by atoms with Crippen LogP contribution in [0.3, 0.4) is 0 Å². The molecule has 1 aromatic heterocycles. The summed E-state index contributed by atoms with van der Waals surface area (Å²) < 4.78 is 3.30. The quantitative estimate of drug-likeness (QED) is 0.920. The fourth-order valence-electron chi connectivity index (χ4n) is 2.38. The van der Waals surface area contributed by atoms with Crippen molar-refractivity contribution in [3.05, 3.63) is 28.5 Å². The standard InChI is InChI=1S/C13H16BrN3S/c1-17-12-3-2-9(14)6-11(12)16-13(17)7-10-8-18-5-4-15-10/h2-3,6,10,15H,4-5,7-8H2,1H3. The smallest absolute Gasteiger partial charge is 0.111 e. The van der Waals surface area contributed by atoms with Crippen molar-refractivity contribution in [1.82, 2.24) is 14.9 Å². The Morgan fingerprint density at radius 3 is 3.22 bits per heavy atom. The molecule has 1 unspecified atom stereocenters. The number of thioether (sulfide) groups is 1. The molecule has 1 atom stereocenters. The molecular formula is C13H16BrN3S. The molecule has 0 spiro atoms. The topological polar surface area (TPSA) is 29.9 Å². The molecule has 1 saturated heterocycles. The Balaban J connectivity index is 1.89. The minimum absolute atomic E-state index is 0.558. The summed E-state index contributed by atoms with van der Waals surface area (Å²) in [5, 5.41) is 3.57. The zero-order valence-corrected chi connectivity index (χ0v) is 12.7. The number of nitrogens with zero attached hydrogens (tertiary/aromatic N) is 2. The summed E-state index contributed by atoms with van der Waals surface area (Å²) in [6, 6.07) is 6.84. The summed E-state index contributed by atoms with van der Waals surface area (Å²) in [6.07, 6.45) is 1.01. The van der Waals surface area contributed by atoms with Gasteiger partial charge in [0, 0.05) is 42.0 Å². The largest absolute Gasteiger partial charge is 0.331 e. The number of fused-ring (bicyclic) bond motifs is 1. The second-order valence-corrected chi connectivity index (χ2v) is 6.72. The SMILES string of the molecule is Cn1c(CC2CSCCN2)nc2cc(Br)ccc21. The maximum Gasteiger partial charge on any atom is 0.111 e. The molecule has 1 aliphatic rings. The molecule has 3 rings (SSSR count). The average molecular weight is 326 g/mol. The summed E-state index contributed by atoms with van der Waals surface area (Å²) in [5.74, 6) is 3.59. The van der Waals surface area contributed by atoms with Crippen molar-refractivity contribution in [2.75, 3.05) is 18.1 Å². The van der Waals surface area contributed by atoms with Gasteiger partial charge < -0.3 is 9.88 Å². The third-order valence-corrected chi connectivity index (χ3v) is 4.99. The Morgan fingerprint density at radius 1 is 1.56 bits per heavy atom. The zero-order valence-electron chi connectivity index (χ0n) is 10.3. The van der Waals surface area contributed by atoms with Crippen LogP contribution in [-0.2, 0) is 13.5 Å². The molecule has 1 aromatic carbocycles. The first-order valence-corrected chi connectivity index (χ1v) is 8.11. The molecule has 1 aliphatic heterocycles. The number of aromatic nitrogens is 2. The minimum Gasteiger partial charge on any atom is -0.331 e. The van der Waals surface area contributed by atoms with Gasteiger partial charge in [0.2, 0.25) is 0 Å². The third-order valence-electron chi connectivity index (χ3n) is 3.36. The highest BCUT2D eigenvalue weighted by atomic mass is 79.9.